The van der Waals surface area contributed by atoms with Gasteiger partial charge in [0.15, 0.2) is 0 Å². The van der Waals surface area contributed by atoms with Gasteiger partial charge in [0.25, 0.3) is 0 Å². The Hall–Kier alpha value is -0.705. The van der Waals surface area contributed by atoms with Crippen LogP contribution in [0.25, 0.3) is 0 Å². The van der Waals surface area contributed by atoms with E-state index in [0.29, 0.717) is 0 Å². The topological polar surface area (TPSA) is 21.7 Å². The molecule has 5 heteroatoms. The fourth-order valence-corrected chi connectivity index (χ4v) is 3.56. The second-order valence-electron chi connectivity index (χ2n) is 7.99. The Morgan fingerprint density at radius 3 is 2.39 bits per heavy atom. The second-order valence-corrected chi connectivity index (χ2v) is 8.39. The van der Waals surface area contributed by atoms with Gasteiger partial charge in [0.2, 0.25) is 0 Å². The molecule has 1 unspecified atom stereocenters. The molecule has 0 amide bonds. The third-order valence-electron chi connectivity index (χ3n) is 5.51. The summed E-state index contributed by atoms with van der Waals surface area (Å²) in [6, 6.07) is 6.25. The van der Waals surface area contributed by atoms with Gasteiger partial charge in [-0.3, -0.25) is 0 Å². The van der Waals surface area contributed by atoms with Gasteiger partial charge in [0, 0.05) is 29.3 Å². The minimum absolute atomic E-state index is 0.345. The van der Waals surface area contributed by atoms with Crippen molar-refractivity contribution in [2.75, 3.05) is 18.0 Å². The number of hydrogen-bond donors (Lipinski definition) is 0. The van der Waals surface area contributed by atoms with E-state index in [0.717, 1.165) is 29.5 Å². The molecular weight excluding hydrogens is 308 g/mol. The zero-order chi connectivity index (χ0) is 16.8. The maximum Gasteiger partial charge on any atom is 0.496 e. The van der Waals surface area contributed by atoms with Gasteiger partial charge >= 0.3 is 7.12 Å². The summed E-state index contributed by atoms with van der Waals surface area (Å²) in [5.41, 5.74) is 1.42. The van der Waals surface area contributed by atoms with E-state index in [2.05, 4.69) is 57.7 Å². The molecule has 2 saturated heterocycles. The van der Waals surface area contributed by atoms with Crippen LogP contribution in [0.3, 0.4) is 0 Å². The van der Waals surface area contributed by atoms with Gasteiger partial charge in [0.05, 0.1) is 11.2 Å². The highest BCUT2D eigenvalue weighted by molar-refractivity contribution is 6.65. The summed E-state index contributed by atoms with van der Waals surface area (Å²) in [4.78, 5) is 2.42. The van der Waals surface area contributed by atoms with Crippen molar-refractivity contribution in [2.24, 2.45) is 5.92 Å². The Morgan fingerprint density at radius 1 is 1.17 bits per heavy atom. The summed E-state index contributed by atoms with van der Waals surface area (Å²) >= 11 is 6.56. The van der Waals surface area contributed by atoms with E-state index in [9.17, 15) is 0 Å². The number of anilines is 1. The van der Waals surface area contributed by atoms with Crippen molar-refractivity contribution < 1.29 is 9.31 Å². The largest absolute Gasteiger partial charge is 0.496 e. The molecule has 0 aliphatic carbocycles. The zero-order valence-electron chi connectivity index (χ0n) is 14.9. The van der Waals surface area contributed by atoms with Crippen molar-refractivity contribution in [1.29, 1.82) is 0 Å². The van der Waals surface area contributed by atoms with Gasteiger partial charge in [-0.25, -0.2) is 0 Å². The molecule has 2 aliphatic heterocycles. The zero-order valence-corrected chi connectivity index (χ0v) is 15.6. The molecule has 1 aromatic carbocycles. The van der Waals surface area contributed by atoms with Crippen molar-refractivity contribution >= 4 is 29.9 Å². The molecule has 0 radical (unpaired) electrons. The Kier molecular flexibility index (Phi) is 4.45. The van der Waals surface area contributed by atoms with Crippen LogP contribution in [0.15, 0.2) is 18.2 Å². The number of hydrogen-bond acceptors (Lipinski definition) is 3. The highest BCUT2D eigenvalue weighted by Gasteiger charge is 2.52. The molecule has 23 heavy (non-hydrogen) atoms. The lowest BCUT2D eigenvalue weighted by atomic mass is 9.79. The highest BCUT2D eigenvalue weighted by atomic mass is 35.5. The van der Waals surface area contributed by atoms with E-state index in [-0.39, 0.29) is 11.2 Å². The molecule has 1 atom stereocenters. The van der Waals surface area contributed by atoms with Crippen LogP contribution in [-0.2, 0) is 9.31 Å². The van der Waals surface area contributed by atoms with Gasteiger partial charge in [-0.1, -0.05) is 24.6 Å². The normalized spacial score (nSPS) is 26.6. The van der Waals surface area contributed by atoms with Crippen molar-refractivity contribution in [2.45, 2.75) is 58.7 Å². The van der Waals surface area contributed by atoms with Crippen LogP contribution >= 0.6 is 11.6 Å². The van der Waals surface area contributed by atoms with Crippen molar-refractivity contribution in [1.82, 2.24) is 0 Å². The van der Waals surface area contributed by atoms with Gasteiger partial charge < -0.3 is 14.2 Å². The molecule has 1 aromatic rings. The van der Waals surface area contributed by atoms with Crippen LogP contribution in [0, 0.1) is 5.92 Å². The fourth-order valence-electron chi connectivity index (χ4n) is 3.30. The van der Waals surface area contributed by atoms with Crippen LogP contribution in [0.1, 0.15) is 47.5 Å². The molecule has 2 aliphatic rings. The summed E-state index contributed by atoms with van der Waals surface area (Å²) in [5.74, 6) is 0.741. The summed E-state index contributed by atoms with van der Waals surface area (Å²) in [6.45, 7) is 12.8. The summed E-state index contributed by atoms with van der Waals surface area (Å²) < 4.78 is 12.2. The third kappa shape index (κ3) is 3.26. The Morgan fingerprint density at radius 2 is 1.83 bits per heavy atom. The lowest BCUT2D eigenvalue weighted by Gasteiger charge is -2.33. The van der Waals surface area contributed by atoms with Crippen molar-refractivity contribution in [3.05, 3.63) is 23.2 Å². The van der Waals surface area contributed by atoms with Crippen molar-refractivity contribution in [3.8, 4) is 0 Å². The van der Waals surface area contributed by atoms with Crippen LogP contribution in [-0.4, -0.2) is 31.4 Å². The molecule has 126 valence electrons. The Labute approximate surface area is 145 Å². The van der Waals surface area contributed by atoms with E-state index in [4.69, 9.17) is 20.9 Å². The first-order valence-corrected chi connectivity index (χ1v) is 8.97. The van der Waals surface area contributed by atoms with Gasteiger partial charge in [-0.05, 0) is 58.6 Å². The Bertz CT molecular complexity index is 574. The first-order valence-electron chi connectivity index (χ1n) is 8.60. The number of benzene rings is 1. The smallest absolute Gasteiger partial charge is 0.399 e. The predicted molar refractivity (Wildman–Crippen MR) is 97.8 cm³/mol. The molecule has 2 fully saturated rings. The van der Waals surface area contributed by atoms with Gasteiger partial charge in [0.1, 0.15) is 0 Å². The lowest BCUT2D eigenvalue weighted by molar-refractivity contribution is 0.00578. The molecule has 2 heterocycles. The highest BCUT2D eigenvalue weighted by Crippen LogP contribution is 2.37. The van der Waals surface area contributed by atoms with Crippen LogP contribution in [0.2, 0.25) is 5.02 Å². The van der Waals surface area contributed by atoms with E-state index in [1.165, 1.54) is 18.5 Å². The van der Waals surface area contributed by atoms with E-state index >= 15 is 0 Å². The first kappa shape index (κ1) is 17.1. The van der Waals surface area contributed by atoms with E-state index in [1.54, 1.807) is 0 Å². The minimum Gasteiger partial charge on any atom is -0.399 e. The van der Waals surface area contributed by atoms with Crippen molar-refractivity contribution in [3.63, 3.8) is 0 Å². The third-order valence-corrected chi connectivity index (χ3v) is 5.84. The molecule has 0 N–H and O–H groups in total. The van der Waals surface area contributed by atoms with E-state index < -0.39 is 7.12 Å². The van der Waals surface area contributed by atoms with Gasteiger partial charge in [-0.2, -0.15) is 0 Å². The summed E-state index contributed by atoms with van der Waals surface area (Å²) in [5, 5.41) is 0.722. The maximum atomic E-state index is 6.56. The lowest BCUT2D eigenvalue weighted by Crippen LogP contribution is -2.41. The molecule has 3 rings (SSSR count). The SMILES string of the molecule is CC1CCCN(c2ccc(B3OC(C)(C)C(C)(C)O3)c(Cl)c2)C1. The molecule has 0 aromatic heterocycles. The quantitative estimate of drug-likeness (QED) is 0.766. The average molecular weight is 336 g/mol. The summed E-state index contributed by atoms with van der Waals surface area (Å²) in [6.07, 6.45) is 2.56. The maximum absolute atomic E-state index is 6.56. The fraction of sp³-hybridized carbons (Fsp3) is 0.667. The molecule has 0 spiro atoms. The number of piperidine rings is 1. The van der Waals surface area contributed by atoms with Gasteiger partial charge in [-0.15, -0.1) is 0 Å². The standard InChI is InChI=1S/C18H27BClNO2/c1-13-7-6-10-21(12-13)14-8-9-15(16(20)11-14)19-22-17(2,3)18(4,5)23-19/h8-9,11,13H,6-7,10,12H2,1-5H3. The predicted octanol–water partition coefficient (Wildman–Crippen LogP) is 3.88. The minimum atomic E-state index is -0.401. The first-order chi connectivity index (χ1) is 10.7. The molecule has 0 saturated carbocycles. The molecular formula is C18H27BClNO2. The average Bonchev–Trinajstić information content (AvgIpc) is 2.67. The van der Waals surface area contributed by atoms with Crippen LogP contribution < -0.4 is 10.4 Å². The number of halogens is 1. The second kappa shape index (κ2) is 5.98. The van der Waals surface area contributed by atoms with Crippen LogP contribution in [0.4, 0.5) is 5.69 Å². The monoisotopic (exact) mass is 335 g/mol. The number of nitrogens with zero attached hydrogens (tertiary/aromatic N) is 1. The van der Waals surface area contributed by atoms with E-state index in [1.807, 2.05) is 0 Å². The van der Waals surface area contributed by atoms with Crippen LogP contribution in [0.5, 0.6) is 0 Å². The Balaban J connectivity index is 1.81. The molecule has 3 nitrogen and oxygen atoms in total. The summed E-state index contributed by atoms with van der Waals surface area (Å²) in [7, 11) is -0.401. The molecule has 0 bridgehead atoms. The number of rotatable bonds is 2.